The van der Waals surface area contributed by atoms with E-state index in [2.05, 4.69) is 89.5 Å². The van der Waals surface area contributed by atoms with Crippen LogP contribution < -0.4 is 0 Å². The molecule has 0 aliphatic heterocycles. The number of aromatic nitrogens is 1. The highest BCUT2D eigenvalue weighted by atomic mass is 32.1. The van der Waals surface area contributed by atoms with Crippen LogP contribution in [0.25, 0.3) is 58.8 Å². The van der Waals surface area contributed by atoms with Crippen LogP contribution in [0.2, 0.25) is 0 Å². The van der Waals surface area contributed by atoms with Gasteiger partial charge in [0.15, 0.2) is 0 Å². The van der Waals surface area contributed by atoms with Crippen molar-refractivity contribution in [3.05, 3.63) is 114 Å². The molecule has 0 saturated heterocycles. The lowest BCUT2D eigenvalue weighted by Gasteiger charge is -2.11. The summed E-state index contributed by atoms with van der Waals surface area (Å²) in [6.07, 6.45) is 0. The molecule has 7 aromatic rings. The average molecular weight is 476 g/mol. The van der Waals surface area contributed by atoms with E-state index in [1.54, 1.807) is 18.2 Å². The van der Waals surface area contributed by atoms with Crippen molar-refractivity contribution in [2.75, 3.05) is 0 Å². The second-order valence-electron chi connectivity index (χ2n) is 8.79. The highest BCUT2D eigenvalue weighted by molar-refractivity contribution is 7.26. The summed E-state index contributed by atoms with van der Waals surface area (Å²) in [6, 6.07) is 39.5. The Morgan fingerprint density at radius 3 is 2.03 bits per heavy atom. The molecule has 0 radical (unpaired) electrons. The molecular weight excluding hydrogens is 458 g/mol. The van der Waals surface area contributed by atoms with Crippen molar-refractivity contribution in [3.63, 3.8) is 0 Å². The number of nitrogens with zero attached hydrogens (tertiary/aromatic N) is 3. The third kappa shape index (κ3) is 2.83. The molecule has 0 amide bonds. The summed E-state index contributed by atoms with van der Waals surface area (Å²) in [7, 11) is 0. The topological polar surface area (TPSA) is 52.5 Å². The van der Waals surface area contributed by atoms with E-state index in [1.165, 1.54) is 30.9 Å². The van der Waals surface area contributed by atoms with Crippen LogP contribution in [0.4, 0.5) is 0 Å². The molecule has 0 bridgehead atoms. The van der Waals surface area contributed by atoms with E-state index in [9.17, 15) is 10.5 Å². The Kier molecular flexibility index (Phi) is 4.45. The van der Waals surface area contributed by atoms with Crippen molar-refractivity contribution in [1.29, 1.82) is 10.5 Å². The van der Waals surface area contributed by atoms with Crippen LogP contribution >= 0.6 is 11.3 Å². The molecule has 0 unspecified atom stereocenters. The van der Waals surface area contributed by atoms with Gasteiger partial charge in [-0.3, -0.25) is 0 Å². The van der Waals surface area contributed by atoms with E-state index < -0.39 is 0 Å². The minimum atomic E-state index is 0.505. The van der Waals surface area contributed by atoms with Crippen LogP contribution in [0.5, 0.6) is 0 Å². The number of benzene rings is 5. The number of rotatable bonds is 2. The Hall–Kier alpha value is -4.90. The van der Waals surface area contributed by atoms with Crippen LogP contribution in [0.3, 0.4) is 0 Å². The average Bonchev–Trinajstić information content (AvgIpc) is 3.48. The van der Waals surface area contributed by atoms with E-state index in [0.717, 1.165) is 22.3 Å². The Balaban J connectivity index is 1.49. The van der Waals surface area contributed by atoms with Crippen molar-refractivity contribution in [2.24, 2.45) is 0 Å². The fraction of sp³-hybridized carbons (Fsp3) is 0. The Labute approximate surface area is 211 Å². The first-order valence-electron chi connectivity index (χ1n) is 11.7. The molecule has 166 valence electrons. The number of para-hydroxylation sites is 1. The largest absolute Gasteiger partial charge is 0.309 e. The fourth-order valence-electron chi connectivity index (χ4n) is 5.34. The molecular formula is C32H17N3S. The van der Waals surface area contributed by atoms with Crippen LogP contribution in [0.1, 0.15) is 11.1 Å². The van der Waals surface area contributed by atoms with E-state index in [1.807, 2.05) is 23.5 Å². The standard InChI is InChI=1S/C32H17N3S/c33-18-21-6-5-7-22(19-34)30(21)20-12-14-23(15-13-20)35-27-10-3-1-9-26(27)31-28(35)17-16-25-24-8-2-4-11-29(24)36-32(25)31/h1-17H. The molecule has 0 fully saturated rings. The maximum absolute atomic E-state index is 9.62. The lowest BCUT2D eigenvalue weighted by molar-refractivity contribution is 1.18. The molecule has 0 N–H and O–H groups in total. The summed E-state index contributed by atoms with van der Waals surface area (Å²) in [5, 5.41) is 24.3. The summed E-state index contributed by atoms with van der Waals surface area (Å²) < 4.78 is 4.91. The summed E-state index contributed by atoms with van der Waals surface area (Å²) in [5.74, 6) is 0. The van der Waals surface area contributed by atoms with Gasteiger partial charge in [-0.1, -0.05) is 60.7 Å². The van der Waals surface area contributed by atoms with Crippen molar-refractivity contribution >= 4 is 53.3 Å². The van der Waals surface area contributed by atoms with Gasteiger partial charge in [-0.2, -0.15) is 10.5 Å². The maximum atomic E-state index is 9.62. The molecule has 0 atom stereocenters. The molecule has 36 heavy (non-hydrogen) atoms. The molecule has 0 aliphatic rings. The normalized spacial score (nSPS) is 11.3. The lowest BCUT2D eigenvalue weighted by Crippen LogP contribution is -1.95. The first kappa shape index (κ1) is 20.5. The Morgan fingerprint density at radius 1 is 0.583 bits per heavy atom. The highest BCUT2D eigenvalue weighted by Crippen LogP contribution is 2.43. The molecule has 4 heteroatoms. The first-order valence-corrected chi connectivity index (χ1v) is 12.5. The Bertz CT molecular complexity index is 2030. The van der Waals surface area contributed by atoms with Crippen LogP contribution in [0, 0.1) is 22.7 Å². The van der Waals surface area contributed by atoms with Gasteiger partial charge in [-0.05, 0) is 48.0 Å². The second kappa shape index (κ2) is 7.82. The van der Waals surface area contributed by atoms with Gasteiger partial charge in [0.2, 0.25) is 0 Å². The maximum Gasteiger partial charge on any atom is 0.0998 e. The van der Waals surface area contributed by atoms with Gasteiger partial charge in [0.25, 0.3) is 0 Å². The van der Waals surface area contributed by atoms with Crippen molar-refractivity contribution in [2.45, 2.75) is 0 Å². The third-order valence-corrected chi connectivity index (χ3v) is 8.10. The van der Waals surface area contributed by atoms with E-state index in [0.29, 0.717) is 16.7 Å². The molecule has 2 heterocycles. The number of hydrogen-bond acceptors (Lipinski definition) is 3. The SMILES string of the molecule is N#Cc1cccc(C#N)c1-c1ccc(-n2c3ccccc3c3c4sc5ccccc5c4ccc32)cc1. The van der Waals surface area contributed by atoms with Gasteiger partial charge < -0.3 is 4.57 Å². The van der Waals surface area contributed by atoms with Gasteiger partial charge in [0.1, 0.15) is 0 Å². The number of hydrogen-bond donors (Lipinski definition) is 0. The summed E-state index contributed by atoms with van der Waals surface area (Å²) in [6.45, 7) is 0. The first-order chi connectivity index (χ1) is 17.8. The molecule has 2 aromatic heterocycles. The van der Waals surface area contributed by atoms with Crippen molar-refractivity contribution in [1.82, 2.24) is 4.57 Å². The molecule has 0 spiro atoms. The Morgan fingerprint density at radius 2 is 1.28 bits per heavy atom. The second-order valence-corrected chi connectivity index (χ2v) is 9.84. The lowest BCUT2D eigenvalue weighted by atomic mass is 9.95. The van der Waals surface area contributed by atoms with Gasteiger partial charge in [-0.15, -0.1) is 11.3 Å². The number of thiophene rings is 1. The monoisotopic (exact) mass is 475 g/mol. The smallest absolute Gasteiger partial charge is 0.0998 e. The quantitative estimate of drug-likeness (QED) is 0.251. The van der Waals surface area contributed by atoms with Gasteiger partial charge in [-0.25, -0.2) is 0 Å². The predicted octanol–water partition coefficient (Wildman–Crippen LogP) is 8.56. The molecule has 7 rings (SSSR count). The molecule has 5 aromatic carbocycles. The van der Waals surface area contributed by atoms with E-state index in [4.69, 9.17) is 0 Å². The predicted molar refractivity (Wildman–Crippen MR) is 149 cm³/mol. The minimum absolute atomic E-state index is 0.505. The third-order valence-electron chi connectivity index (χ3n) is 6.90. The van der Waals surface area contributed by atoms with Crippen LogP contribution in [0.15, 0.2) is 103 Å². The minimum Gasteiger partial charge on any atom is -0.309 e. The van der Waals surface area contributed by atoms with Crippen LogP contribution in [-0.2, 0) is 0 Å². The van der Waals surface area contributed by atoms with E-state index >= 15 is 0 Å². The summed E-state index contributed by atoms with van der Waals surface area (Å²) >= 11 is 1.85. The van der Waals surface area contributed by atoms with E-state index in [-0.39, 0.29) is 0 Å². The zero-order valence-electron chi connectivity index (χ0n) is 19.1. The van der Waals surface area contributed by atoms with Crippen LogP contribution in [-0.4, -0.2) is 4.57 Å². The zero-order chi connectivity index (χ0) is 24.2. The van der Waals surface area contributed by atoms with Gasteiger partial charge >= 0.3 is 0 Å². The van der Waals surface area contributed by atoms with Gasteiger partial charge in [0.05, 0.1) is 34.3 Å². The number of nitriles is 2. The fourth-order valence-corrected chi connectivity index (χ4v) is 6.60. The summed E-state index contributed by atoms with van der Waals surface area (Å²) in [5.41, 5.74) is 5.91. The zero-order valence-corrected chi connectivity index (χ0v) is 19.9. The number of fused-ring (bicyclic) bond motifs is 7. The summed E-state index contributed by atoms with van der Waals surface area (Å²) in [4.78, 5) is 0. The molecule has 0 saturated carbocycles. The molecule has 3 nitrogen and oxygen atoms in total. The van der Waals surface area contributed by atoms with Crippen molar-refractivity contribution in [3.8, 4) is 29.0 Å². The highest BCUT2D eigenvalue weighted by Gasteiger charge is 2.17. The van der Waals surface area contributed by atoms with Gasteiger partial charge in [0, 0.05) is 42.2 Å². The van der Waals surface area contributed by atoms with Crippen molar-refractivity contribution < 1.29 is 0 Å². The molecule has 0 aliphatic carbocycles.